The van der Waals surface area contributed by atoms with Crippen LogP contribution in [0.5, 0.6) is 0 Å². The Morgan fingerprint density at radius 3 is 2.48 bits per heavy atom. The number of nitrogens with zero attached hydrogens (tertiary/aromatic N) is 4. The second-order valence-corrected chi connectivity index (χ2v) is 7.36. The molecule has 0 aliphatic carbocycles. The number of aryl methyl sites for hydroxylation is 1. The van der Waals surface area contributed by atoms with E-state index < -0.39 is 16.3 Å². The van der Waals surface area contributed by atoms with Gasteiger partial charge >= 0.3 is 0 Å². The number of benzene rings is 2. The minimum atomic E-state index is -0.682. The highest BCUT2D eigenvalue weighted by molar-refractivity contribution is 6.02. The van der Waals surface area contributed by atoms with Gasteiger partial charge in [-0.15, -0.1) is 0 Å². The monoisotopic (exact) mass is 421 g/mol. The summed E-state index contributed by atoms with van der Waals surface area (Å²) in [7, 11) is 4.00. The van der Waals surface area contributed by atoms with Gasteiger partial charge in [-0.3, -0.25) is 19.7 Å². The zero-order chi connectivity index (χ0) is 22.5. The summed E-state index contributed by atoms with van der Waals surface area (Å²) in [5.74, 6) is -0.682. The van der Waals surface area contributed by atoms with E-state index >= 15 is 0 Å². The lowest BCUT2D eigenvalue weighted by Crippen LogP contribution is -2.27. The fourth-order valence-corrected chi connectivity index (χ4v) is 3.04. The molecule has 1 heterocycles. The standard InChI is InChI=1S/C22H23N5O4/c1-15-14-20(28)21(24-26(15)18-6-4-5-7-19(18)27(30)31)22(29)23-17-10-8-16(9-11-17)12-13-25(2)3/h4-11,14H,12-13H2,1-3H3,(H,23,29). The lowest BCUT2D eigenvalue weighted by Gasteiger charge is -2.12. The molecule has 0 unspecified atom stereocenters. The maximum absolute atomic E-state index is 12.7. The Morgan fingerprint density at radius 2 is 1.84 bits per heavy atom. The molecule has 9 nitrogen and oxygen atoms in total. The van der Waals surface area contributed by atoms with E-state index in [1.54, 1.807) is 25.1 Å². The predicted molar refractivity (Wildman–Crippen MR) is 118 cm³/mol. The predicted octanol–water partition coefficient (Wildman–Crippen LogP) is 2.81. The molecule has 0 aliphatic heterocycles. The molecule has 0 radical (unpaired) electrons. The number of hydrogen-bond donors (Lipinski definition) is 1. The van der Waals surface area contributed by atoms with Crippen molar-refractivity contribution in [3.8, 4) is 5.69 Å². The third-order valence-electron chi connectivity index (χ3n) is 4.69. The number of likely N-dealkylation sites (N-methyl/N-ethyl adjacent to an activating group) is 1. The van der Waals surface area contributed by atoms with Gasteiger partial charge in [-0.25, -0.2) is 4.68 Å². The first-order valence-electron chi connectivity index (χ1n) is 9.66. The molecule has 0 bridgehead atoms. The normalized spacial score (nSPS) is 10.8. The molecule has 0 saturated carbocycles. The van der Waals surface area contributed by atoms with E-state index in [2.05, 4.69) is 15.3 Å². The van der Waals surface area contributed by atoms with Crippen LogP contribution in [0.1, 0.15) is 21.7 Å². The van der Waals surface area contributed by atoms with Crippen LogP contribution in [-0.4, -0.2) is 46.2 Å². The summed E-state index contributed by atoms with van der Waals surface area (Å²) < 4.78 is 1.23. The van der Waals surface area contributed by atoms with Crippen LogP contribution in [0.3, 0.4) is 0 Å². The third kappa shape index (κ3) is 5.20. The van der Waals surface area contributed by atoms with Gasteiger partial charge in [0.25, 0.3) is 11.6 Å². The Balaban J connectivity index is 1.88. The highest BCUT2D eigenvalue weighted by atomic mass is 16.6. The number of hydrogen-bond acceptors (Lipinski definition) is 6. The van der Waals surface area contributed by atoms with E-state index in [4.69, 9.17) is 0 Å². The Labute approximate surface area is 179 Å². The van der Waals surface area contributed by atoms with Crippen molar-refractivity contribution >= 4 is 17.3 Å². The molecule has 0 atom stereocenters. The van der Waals surface area contributed by atoms with Gasteiger partial charge in [0, 0.05) is 30.1 Å². The molecule has 1 amide bonds. The van der Waals surface area contributed by atoms with Crippen molar-refractivity contribution in [2.45, 2.75) is 13.3 Å². The molecule has 0 spiro atoms. The topological polar surface area (TPSA) is 110 Å². The highest BCUT2D eigenvalue weighted by Crippen LogP contribution is 2.22. The van der Waals surface area contributed by atoms with E-state index in [9.17, 15) is 19.7 Å². The SMILES string of the molecule is Cc1cc(=O)c(C(=O)Nc2ccc(CCN(C)C)cc2)nn1-c1ccccc1[N+](=O)[O-]. The van der Waals surface area contributed by atoms with Crippen molar-refractivity contribution in [2.24, 2.45) is 0 Å². The van der Waals surface area contributed by atoms with Gasteiger partial charge in [-0.05, 0) is 51.2 Å². The lowest BCUT2D eigenvalue weighted by atomic mass is 10.1. The molecule has 1 N–H and O–H groups in total. The maximum Gasteiger partial charge on any atom is 0.294 e. The van der Waals surface area contributed by atoms with Crippen molar-refractivity contribution in [2.75, 3.05) is 26.0 Å². The molecule has 3 rings (SSSR count). The fraction of sp³-hybridized carbons (Fsp3) is 0.227. The first-order chi connectivity index (χ1) is 14.8. The maximum atomic E-state index is 12.7. The molecule has 9 heteroatoms. The summed E-state index contributed by atoms with van der Waals surface area (Å²) in [5.41, 5.74) is 1.11. The third-order valence-corrected chi connectivity index (χ3v) is 4.69. The summed E-state index contributed by atoms with van der Waals surface area (Å²) in [5, 5.41) is 18.2. The van der Waals surface area contributed by atoms with E-state index in [0.717, 1.165) is 18.5 Å². The summed E-state index contributed by atoms with van der Waals surface area (Å²) in [6, 6.07) is 14.6. The van der Waals surface area contributed by atoms with Crippen LogP contribution in [0.15, 0.2) is 59.4 Å². The summed E-state index contributed by atoms with van der Waals surface area (Å²) in [4.78, 5) is 38.0. The van der Waals surface area contributed by atoms with Gasteiger partial charge in [-0.1, -0.05) is 24.3 Å². The number of carbonyl (C=O) groups is 1. The minimum absolute atomic E-state index is 0.171. The van der Waals surface area contributed by atoms with Crippen molar-refractivity contribution in [1.82, 2.24) is 14.7 Å². The van der Waals surface area contributed by atoms with Crippen LogP contribution in [-0.2, 0) is 6.42 Å². The Morgan fingerprint density at radius 1 is 1.16 bits per heavy atom. The molecule has 0 fully saturated rings. The number of amides is 1. The quantitative estimate of drug-likeness (QED) is 0.464. The number of carbonyl (C=O) groups excluding carboxylic acids is 1. The molecule has 160 valence electrons. The molecule has 2 aromatic carbocycles. The number of nitrogens with one attached hydrogen (secondary N) is 1. The lowest BCUT2D eigenvalue weighted by molar-refractivity contribution is -0.384. The molecule has 1 aromatic heterocycles. The largest absolute Gasteiger partial charge is 0.320 e. The zero-order valence-electron chi connectivity index (χ0n) is 17.5. The van der Waals surface area contributed by atoms with Gasteiger partial charge < -0.3 is 10.2 Å². The van der Waals surface area contributed by atoms with E-state index in [0.29, 0.717) is 11.4 Å². The van der Waals surface area contributed by atoms with Gasteiger partial charge in [-0.2, -0.15) is 5.10 Å². The van der Waals surface area contributed by atoms with Crippen LogP contribution >= 0.6 is 0 Å². The van der Waals surface area contributed by atoms with Crippen molar-refractivity contribution < 1.29 is 9.72 Å². The summed E-state index contributed by atoms with van der Waals surface area (Å²) in [6.07, 6.45) is 0.876. The van der Waals surface area contributed by atoms with Gasteiger partial charge in [0.1, 0.15) is 5.69 Å². The second-order valence-electron chi connectivity index (χ2n) is 7.36. The number of nitro benzene ring substituents is 1. The zero-order valence-corrected chi connectivity index (χ0v) is 17.5. The Kier molecular flexibility index (Phi) is 6.56. The van der Waals surface area contributed by atoms with E-state index in [1.807, 2.05) is 26.2 Å². The molecule has 0 aliphatic rings. The van der Waals surface area contributed by atoms with Crippen LogP contribution < -0.4 is 10.7 Å². The summed E-state index contributed by atoms with van der Waals surface area (Å²) >= 11 is 0. The second kappa shape index (κ2) is 9.31. The molecule has 31 heavy (non-hydrogen) atoms. The van der Waals surface area contributed by atoms with Gasteiger partial charge in [0.05, 0.1) is 4.92 Å². The van der Waals surface area contributed by atoms with Crippen LogP contribution in [0.2, 0.25) is 0 Å². The van der Waals surface area contributed by atoms with Crippen LogP contribution in [0.25, 0.3) is 5.69 Å². The molecular weight excluding hydrogens is 398 g/mol. The first-order valence-corrected chi connectivity index (χ1v) is 9.66. The number of para-hydroxylation sites is 2. The van der Waals surface area contributed by atoms with Gasteiger partial charge in [0.2, 0.25) is 5.43 Å². The van der Waals surface area contributed by atoms with Crippen LogP contribution in [0.4, 0.5) is 11.4 Å². The fourth-order valence-electron chi connectivity index (χ4n) is 3.04. The number of aromatic nitrogens is 2. The Hall–Kier alpha value is -3.85. The average molecular weight is 421 g/mol. The van der Waals surface area contributed by atoms with Crippen molar-refractivity contribution in [3.05, 3.63) is 91.9 Å². The highest BCUT2D eigenvalue weighted by Gasteiger charge is 2.20. The first kappa shape index (κ1) is 21.8. The van der Waals surface area contributed by atoms with Gasteiger partial charge in [0.15, 0.2) is 5.69 Å². The van der Waals surface area contributed by atoms with Crippen molar-refractivity contribution in [1.29, 1.82) is 0 Å². The van der Waals surface area contributed by atoms with Crippen LogP contribution in [0, 0.1) is 17.0 Å². The van der Waals surface area contributed by atoms with E-state index in [1.165, 1.54) is 28.9 Å². The summed E-state index contributed by atoms with van der Waals surface area (Å²) in [6.45, 7) is 2.50. The average Bonchev–Trinajstić information content (AvgIpc) is 2.73. The number of nitro groups is 1. The Bertz CT molecular complexity index is 1170. The van der Waals surface area contributed by atoms with E-state index in [-0.39, 0.29) is 17.1 Å². The molecule has 0 saturated heterocycles. The minimum Gasteiger partial charge on any atom is -0.320 e. The molecule has 3 aromatic rings. The van der Waals surface area contributed by atoms with Crippen molar-refractivity contribution in [3.63, 3.8) is 0 Å². The molecular formula is C22H23N5O4. The smallest absolute Gasteiger partial charge is 0.294 e. The number of rotatable bonds is 7. The number of anilines is 1.